The molecule has 6 fully saturated rings. The fraction of sp³-hybridized carbons (Fsp3) is 0.577. The summed E-state index contributed by atoms with van der Waals surface area (Å²) < 4.78 is 26.7. The molecule has 0 unspecified atom stereocenters. The minimum absolute atomic E-state index is 0.00641. The number of nitrogens with zero attached hydrogens (tertiary/aromatic N) is 15. The molecule has 6 saturated heterocycles. The van der Waals surface area contributed by atoms with Gasteiger partial charge in [-0.05, 0) is 269 Å². The highest BCUT2D eigenvalue weighted by Crippen LogP contribution is 2.36. The molecular weight excluding hydrogens is 2030 g/mol. The number of aliphatic imine (C=N–C) groups is 1. The smallest absolute Gasteiger partial charge is 0.410 e. The van der Waals surface area contributed by atoms with Crippen LogP contribution in [-0.4, -0.2) is 306 Å². The maximum Gasteiger partial charge on any atom is 0.410 e. The highest BCUT2D eigenvalue weighted by Gasteiger charge is 2.37. The number of hydrogen-bond acceptors (Lipinski definition) is 28. The summed E-state index contributed by atoms with van der Waals surface area (Å²) in [5.74, 6) is 0. The van der Waals surface area contributed by atoms with Gasteiger partial charge in [-0.25, -0.2) is 24.0 Å². The maximum atomic E-state index is 12.3. The van der Waals surface area contributed by atoms with Gasteiger partial charge < -0.3 is 65.0 Å². The molecular formula is C104H150Cl6N18O16S2. The summed E-state index contributed by atoms with van der Waals surface area (Å²) in [5.41, 5.74) is 25.4. The number of halogens is 6. The van der Waals surface area contributed by atoms with E-state index in [1.807, 2.05) is 159 Å². The van der Waals surface area contributed by atoms with Gasteiger partial charge in [-0.2, -0.15) is 0 Å². The fourth-order valence-electron chi connectivity index (χ4n) is 17.9. The van der Waals surface area contributed by atoms with E-state index >= 15 is 0 Å². The number of carbonyl (C=O) groups is 5. The van der Waals surface area contributed by atoms with Crippen molar-refractivity contribution in [2.75, 3.05) is 130 Å². The summed E-state index contributed by atoms with van der Waals surface area (Å²) >= 11 is 46.9. The zero-order valence-corrected chi connectivity index (χ0v) is 94.9. The molecule has 0 radical (unpaired) electrons. The zero-order chi connectivity index (χ0) is 109. The molecule has 0 bridgehead atoms. The van der Waals surface area contributed by atoms with E-state index in [1.54, 1.807) is 64.8 Å². The molecule has 42 heteroatoms. The molecule has 6 aliphatic heterocycles. The third-order valence-electron chi connectivity index (χ3n) is 25.7. The van der Waals surface area contributed by atoms with Crippen LogP contribution in [0.25, 0.3) is 0 Å². The fourth-order valence-corrected chi connectivity index (χ4v) is 19.6. The van der Waals surface area contributed by atoms with Crippen LogP contribution in [0.15, 0.2) is 77.8 Å². The Hall–Kier alpha value is -9.06. The third kappa shape index (κ3) is 39.1. The normalized spacial score (nSPS) is 18.8. The zero-order valence-electron chi connectivity index (χ0n) is 88.7. The highest BCUT2D eigenvalue weighted by molar-refractivity contribution is 7.80. The molecule has 34 nitrogen and oxygen atoms in total. The minimum atomic E-state index is -0.523. The van der Waals surface area contributed by atoms with Crippen LogP contribution in [0.5, 0.6) is 0 Å². The average molecular weight is 2190 g/mol. The lowest BCUT2D eigenvalue weighted by molar-refractivity contribution is -0.385. The Morgan fingerprint density at radius 1 is 0.411 bits per heavy atom. The van der Waals surface area contributed by atoms with Crippen molar-refractivity contribution in [2.45, 2.75) is 271 Å². The third-order valence-corrected chi connectivity index (χ3v) is 27.4. The predicted molar refractivity (Wildman–Crippen MR) is 591 cm³/mol. The Morgan fingerprint density at radius 2 is 0.678 bits per heavy atom. The molecule has 5 N–H and O–H groups in total. The standard InChI is InChI=1S/C20H30ClN3O2S.C19H26ClN3O2S.C18H26ClN3O4.C17H24ClN3O4.C17H26ClN3O2.C13H18ClN3O2/c1-13(2)26-20(25)24-6-5-23(11-14(24)3)12-17-8-18(21)7-16(15(17)4)9-19(27)10-22;1-13(2)25-19(24)23-7-6-22(11-14(23)3)12-16-9-17(20)10-18(15(16)4)21-5-8-26;1-12-10-20(6-7-21(12)17(23)26-18(3,4)5)11-14-8-15(19)9-16(13(14)2)22(24)25;1-11(2)25-17(22)20-6-5-19(9-12(20)3)10-14-7-15(18)8-16(13(14)4)21(23)24;1-11(2)23-17(22)21-6-5-20(9-12(21)3)10-14-7-15(18)8-16(19)13(14)4;1-9-7-16(4-3-15-9)8-11-5-12(14)6-13(10(11)2)17(18)19/h7-8,13-14H,5-6,9-12,22H2,1-4H3;5,8-10,13-14H,6-7,11-12H2,1-4H3;8-9,12H,6-7,10-11H2,1-5H3;7-8,11-12H,5-6,9-10H2,1-4H3;7-8,11-12H,5-6,9-10,19H2,1-4H3;5-6,9,15H,3-4,7-8H2,1-2H3/t2*14-;3*12-;9-/m000000/s1. The van der Waals surface area contributed by atoms with E-state index in [4.69, 9.17) is 129 Å². The number of nitrogens with two attached hydrogens (primary N) is 2. The van der Waals surface area contributed by atoms with Gasteiger partial charge in [0.25, 0.3) is 17.1 Å². The van der Waals surface area contributed by atoms with Crippen molar-refractivity contribution in [3.63, 3.8) is 0 Å². The van der Waals surface area contributed by atoms with Crippen molar-refractivity contribution < 1.29 is 62.4 Å². The van der Waals surface area contributed by atoms with E-state index in [0.29, 0.717) is 139 Å². The quantitative estimate of drug-likeness (QED) is 0.0126. The van der Waals surface area contributed by atoms with Crippen molar-refractivity contribution >= 4 is 169 Å². The number of hydrogen-bond donors (Lipinski definition) is 3. The van der Waals surface area contributed by atoms with Crippen molar-refractivity contribution in [1.82, 2.24) is 59.2 Å². The Morgan fingerprint density at radius 3 is 0.959 bits per heavy atom. The van der Waals surface area contributed by atoms with Gasteiger partial charge in [-0.1, -0.05) is 94.0 Å². The molecule has 6 heterocycles. The topological polar surface area (TPSA) is 373 Å². The number of nitro benzene ring substituents is 3. The number of nitrogens with one attached hydrogen (secondary N) is 1. The SMILES string of the molecule is Cc1c(CC(=S)CN)cc(Cl)cc1CN1CCN(C(=O)OC(C)C)[C@@H](C)C1.Cc1c(CN2CCN(C(=O)OC(C)(C)C)[C@@H](C)C2)cc(Cl)cc1[N+](=O)[O-].Cc1c(CN2CCN(C(=O)OC(C)C)[C@@H](C)C2)cc(Cl)cc1N=CC=S.Cc1c(CN2CCN(C(=O)OC(C)C)[C@@H](C)C2)cc(Cl)cc1[N+](=O)[O-].Cc1c(CN2CCN[C@@H](C)C2)cc(Cl)cc1[N+](=O)[O-].Cc1c(N)cc(Cl)cc1CN1CCN(C(=O)OC(C)C)[C@@H](C)C1. The van der Waals surface area contributed by atoms with E-state index < -0.39 is 15.4 Å². The molecule has 0 aromatic heterocycles. The molecule has 6 atom stereocenters. The summed E-state index contributed by atoms with van der Waals surface area (Å²) in [6, 6.07) is 21.9. The van der Waals surface area contributed by atoms with E-state index in [9.17, 15) is 54.3 Å². The number of nitro groups is 3. The van der Waals surface area contributed by atoms with E-state index in [0.717, 1.165) is 144 Å². The Labute approximate surface area is 902 Å². The Kier molecular flexibility index (Phi) is 49.5. The summed E-state index contributed by atoms with van der Waals surface area (Å²) in [7, 11) is 0. The van der Waals surface area contributed by atoms with Crippen LogP contribution in [0.1, 0.15) is 190 Å². The van der Waals surface area contributed by atoms with Crippen LogP contribution in [-0.2, 0) is 69.4 Å². The number of carbonyl (C=O) groups excluding carboxylic acids is 5. The van der Waals surface area contributed by atoms with Crippen molar-refractivity contribution in [1.29, 1.82) is 0 Å². The number of anilines is 1. The average Bonchev–Trinajstić information content (AvgIpc) is 0.817. The lowest BCUT2D eigenvalue weighted by Gasteiger charge is -2.40. The lowest BCUT2D eigenvalue weighted by Crippen LogP contribution is -2.54. The summed E-state index contributed by atoms with van der Waals surface area (Å²) in [6.45, 7) is 62.1. The molecule has 6 aromatic carbocycles. The monoisotopic (exact) mass is 2180 g/mol. The number of amides is 5. The van der Waals surface area contributed by atoms with Gasteiger partial charge in [-0.15, -0.1) is 0 Å². The van der Waals surface area contributed by atoms with E-state index in [-0.39, 0.29) is 107 Å². The maximum absolute atomic E-state index is 12.3. The number of rotatable bonds is 24. The molecule has 0 aliphatic carbocycles. The molecule has 5 amide bonds. The highest BCUT2D eigenvalue weighted by atomic mass is 35.5. The van der Waals surface area contributed by atoms with Gasteiger partial charge in [-0.3, -0.25) is 64.7 Å². The van der Waals surface area contributed by atoms with Crippen LogP contribution in [0.3, 0.4) is 0 Å². The first kappa shape index (κ1) is 124. The van der Waals surface area contributed by atoms with Gasteiger partial charge in [0, 0.05) is 293 Å². The minimum Gasteiger partial charge on any atom is -0.447 e. The van der Waals surface area contributed by atoms with Crippen LogP contribution in [0.2, 0.25) is 30.1 Å². The lowest BCUT2D eigenvalue weighted by atomic mass is 9.98. The predicted octanol–water partition coefficient (Wildman–Crippen LogP) is 21.2. The molecule has 806 valence electrons. The molecule has 6 aliphatic rings. The number of nitrogen functional groups attached to an aromatic ring is 1. The second-order valence-electron chi connectivity index (χ2n) is 40.3. The molecule has 0 saturated carbocycles. The number of benzene rings is 6. The van der Waals surface area contributed by atoms with Gasteiger partial charge in [0.05, 0.1) is 44.9 Å². The molecule has 146 heavy (non-hydrogen) atoms. The Balaban J connectivity index is 0.000000238. The van der Waals surface area contributed by atoms with Gasteiger partial charge in [0.15, 0.2) is 0 Å². The summed E-state index contributed by atoms with van der Waals surface area (Å²) in [5, 5.41) is 41.4. The first-order valence-corrected chi connectivity index (χ1v) is 52.7. The largest absolute Gasteiger partial charge is 0.447 e. The number of piperazine rings is 6. The van der Waals surface area contributed by atoms with E-state index in [1.165, 1.54) is 34.7 Å². The molecule has 0 spiro atoms. The first-order chi connectivity index (χ1) is 68.4. The van der Waals surface area contributed by atoms with E-state index in [2.05, 4.69) is 60.5 Å². The van der Waals surface area contributed by atoms with Crippen molar-refractivity contribution in [3.05, 3.63) is 206 Å². The second kappa shape index (κ2) is 58.4. The molecule has 12 rings (SSSR count). The van der Waals surface area contributed by atoms with Crippen molar-refractivity contribution in [3.8, 4) is 0 Å². The second-order valence-corrected chi connectivity index (χ2v) is 43.7. The van der Waals surface area contributed by atoms with Crippen molar-refractivity contribution in [2.24, 2.45) is 10.7 Å². The number of thiocarbonyl (C=S) groups is 2. The molecule has 6 aromatic rings. The summed E-state index contributed by atoms with van der Waals surface area (Å²) in [4.78, 5) is 121. The summed E-state index contributed by atoms with van der Waals surface area (Å²) in [6.07, 6.45) is 0.540. The van der Waals surface area contributed by atoms with Crippen LogP contribution < -0.4 is 16.8 Å². The first-order valence-electron chi connectivity index (χ1n) is 49.5. The van der Waals surface area contributed by atoms with Crippen LogP contribution in [0, 0.1) is 71.9 Å². The number of ether oxygens (including phenoxy) is 5. The van der Waals surface area contributed by atoms with Crippen LogP contribution in [0.4, 0.5) is 52.4 Å². The van der Waals surface area contributed by atoms with Gasteiger partial charge in [0.1, 0.15) is 5.60 Å². The Bertz CT molecular complexity index is 5530. The van der Waals surface area contributed by atoms with Crippen LogP contribution >= 0.6 is 94.0 Å². The van der Waals surface area contributed by atoms with Gasteiger partial charge in [0.2, 0.25) is 0 Å². The van der Waals surface area contributed by atoms with Gasteiger partial charge >= 0.3 is 30.5 Å².